The van der Waals surface area contributed by atoms with Gasteiger partial charge in [-0.3, -0.25) is 4.79 Å². The standard InChI is InChI=1S/C10H9N3O/c14-10(6-9-7-11-13-12-9)8-4-2-1-3-5-8/h1-5,7H,6H2,(H,11,12,13). The molecule has 0 aliphatic rings. The van der Waals surface area contributed by atoms with E-state index in [4.69, 9.17) is 0 Å². The van der Waals surface area contributed by atoms with E-state index in [2.05, 4.69) is 15.4 Å². The van der Waals surface area contributed by atoms with Crippen molar-refractivity contribution in [2.45, 2.75) is 6.42 Å². The monoisotopic (exact) mass is 187 g/mol. The summed E-state index contributed by atoms with van der Waals surface area (Å²) in [5.74, 6) is 0.0551. The van der Waals surface area contributed by atoms with E-state index in [9.17, 15) is 4.79 Å². The third-order valence-electron chi connectivity index (χ3n) is 1.90. The number of benzene rings is 1. The second-order valence-electron chi connectivity index (χ2n) is 2.93. The molecule has 0 fully saturated rings. The highest BCUT2D eigenvalue weighted by Gasteiger charge is 2.07. The highest BCUT2D eigenvalue weighted by atomic mass is 16.1. The zero-order valence-electron chi connectivity index (χ0n) is 7.47. The molecule has 0 aliphatic carbocycles. The zero-order chi connectivity index (χ0) is 9.80. The Morgan fingerprint density at radius 1 is 1.29 bits per heavy atom. The number of Topliss-reactive ketones (excluding diaryl/α,β-unsaturated/α-hetero) is 1. The van der Waals surface area contributed by atoms with Gasteiger partial charge in [-0.25, -0.2) is 0 Å². The number of nitrogens with one attached hydrogen (secondary N) is 1. The molecule has 4 nitrogen and oxygen atoms in total. The number of rotatable bonds is 3. The smallest absolute Gasteiger partial charge is 0.168 e. The summed E-state index contributed by atoms with van der Waals surface area (Å²) < 4.78 is 0. The van der Waals surface area contributed by atoms with Gasteiger partial charge in [-0.15, -0.1) is 0 Å². The number of aromatic amines is 1. The van der Waals surface area contributed by atoms with Gasteiger partial charge >= 0.3 is 0 Å². The van der Waals surface area contributed by atoms with Gasteiger partial charge < -0.3 is 0 Å². The predicted octanol–water partition coefficient (Wildman–Crippen LogP) is 1.23. The fraction of sp³-hybridized carbons (Fsp3) is 0.100. The summed E-state index contributed by atoms with van der Waals surface area (Å²) in [5.41, 5.74) is 1.37. The topological polar surface area (TPSA) is 58.6 Å². The Hall–Kier alpha value is -1.97. The van der Waals surface area contributed by atoms with Gasteiger partial charge in [-0.2, -0.15) is 15.4 Å². The molecular formula is C10H9N3O. The van der Waals surface area contributed by atoms with Crippen LogP contribution in [-0.4, -0.2) is 21.2 Å². The predicted molar refractivity (Wildman–Crippen MR) is 50.9 cm³/mol. The van der Waals surface area contributed by atoms with Gasteiger partial charge in [0.1, 0.15) is 0 Å². The number of hydrogen-bond acceptors (Lipinski definition) is 3. The number of carbonyl (C=O) groups excluding carboxylic acids is 1. The Bertz CT molecular complexity index is 408. The fourth-order valence-corrected chi connectivity index (χ4v) is 1.20. The Labute approximate surface area is 81.0 Å². The van der Waals surface area contributed by atoms with Crippen molar-refractivity contribution >= 4 is 5.78 Å². The van der Waals surface area contributed by atoms with Gasteiger partial charge in [0.05, 0.1) is 18.3 Å². The lowest BCUT2D eigenvalue weighted by Crippen LogP contribution is -2.03. The summed E-state index contributed by atoms with van der Waals surface area (Å²) in [7, 11) is 0. The normalized spacial score (nSPS) is 10.0. The van der Waals surface area contributed by atoms with Gasteiger partial charge in [0.25, 0.3) is 0 Å². The molecule has 0 unspecified atom stereocenters. The number of aromatic nitrogens is 3. The molecule has 1 heterocycles. The molecule has 4 heteroatoms. The average molecular weight is 187 g/mol. The first-order valence-electron chi connectivity index (χ1n) is 4.29. The summed E-state index contributed by atoms with van der Waals surface area (Å²) >= 11 is 0. The molecule has 2 aromatic rings. The molecule has 0 bridgehead atoms. The Balaban J connectivity index is 2.11. The van der Waals surface area contributed by atoms with E-state index in [0.717, 1.165) is 0 Å². The minimum Gasteiger partial charge on any atom is -0.294 e. The number of carbonyl (C=O) groups is 1. The molecule has 2 rings (SSSR count). The lowest BCUT2D eigenvalue weighted by molar-refractivity contribution is 0.0992. The van der Waals surface area contributed by atoms with Crippen LogP contribution in [0.25, 0.3) is 0 Å². The first kappa shape index (κ1) is 8.62. The molecule has 1 N–H and O–H groups in total. The Kier molecular flexibility index (Phi) is 2.36. The van der Waals surface area contributed by atoms with Crippen LogP contribution in [0.2, 0.25) is 0 Å². The second-order valence-corrected chi connectivity index (χ2v) is 2.93. The van der Waals surface area contributed by atoms with Crippen LogP contribution in [0.15, 0.2) is 36.5 Å². The molecule has 0 atom stereocenters. The van der Waals surface area contributed by atoms with E-state index in [1.165, 1.54) is 0 Å². The van der Waals surface area contributed by atoms with Crippen LogP contribution in [0.3, 0.4) is 0 Å². The second kappa shape index (κ2) is 3.83. The number of ketones is 1. The number of hydrogen-bond donors (Lipinski definition) is 1. The van der Waals surface area contributed by atoms with Crippen molar-refractivity contribution in [2.24, 2.45) is 0 Å². The molecule has 70 valence electrons. The van der Waals surface area contributed by atoms with E-state index >= 15 is 0 Å². The molecule has 0 saturated carbocycles. The molecule has 0 radical (unpaired) electrons. The zero-order valence-corrected chi connectivity index (χ0v) is 7.47. The first-order valence-corrected chi connectivity index (χ1v) is 4.29. The third-order valence-corrected chi connectivity index (χ3v) is 1.90. The van der Waals surface area contributed by atoms with Gasteiger partial charge in [0, 0.05) is 5.56 Å². The molecule has 0 saturated heterocycles. The maximum absolute atomic E-state index is 11.6. The van der Waals surface area contributed by atoms with Crippen molar-refractivity contribution in [3.63, 3.8) is 0 Å². The Morgan fingerprint density at radius 3 is 2.71 bits per heavy atom. The lowest BCUT2D eigenvalue weighted by atomic mass is 10.1. The van der Waals surface area contributed by atoms with E-state index < -0.39 is 0 Å². The van der Waals surface area contributed by atoms with E-state index in [-0.39, 0.29) is 5.78 Å². The van der Waals surface area contributed by atoms with Gasteiger partial charge in [0.15, 0.2) is 5.78 Å². The Morgan fingerprint density at radius 2 is 2.07 bits per heavy atom. The van der Waals surface area contributed by atoms with Crippen molar-refractivity contribution in [2.75, 3.05) is 0 Å². The largest absolute Gasteiger partial charge is 0.294 e. The third kappa shape index (κ3) is 1.85. The molecule has 14 heavy (non-hydrogen) atoms. The highest BCUT2D eigenvalue weighted by molar-refractivity contribution is 5.97. The van der Waals surface area contributed by atoms with Gasteiger partial charge in [0.2, 0.25) is 0 Å². The summed E-state index contributed by atoms with van der Waals surface area (Å²) in [4.78, 5) is 11.6. The molecule has 1 aromatic carbocycles. The van der Waals surface area contributed by atoms with Crippen LogP contribution >= 0.6 is 0 Å². The summed E-state index contributed by atoms with van der Waals surface area (Å²) in [5, 5.41) is 9.94. The van der Waals surface area contributed by atoms with Crippen molar-refractivity contribution in [1.82, 2.24) is 15.4 Å². The van der Waals surface area contributed by atoms with Crippen LogP contribution in [0.1, 0.15) is 16.1 Å². The summed E-state index contributed by atoms with van der Waals surface area (Å²) in [6.07, 6.45) is 1.85. The quantitative estimate of drug-likeness (QED) is 0.735. The van der Waals surface area contributed by atoms with Crippen LogP contribution in [0.4, 0.5) is 0 Å². The van der Waals surface area contributed by atoms with E-state index in [1.54, 1.807) is 18.3 Å². The maximum Gasteiger partial charge on any atom is 0.168 e. The van der Waals surface area contributed by atoms with E-state index in [0.29, 0.717) is 17.7 Å². The van der Waals surface area contributed by atoms with E-state index in [1.807, 2.05) is 18.2 Å². The fourth-order valence-electron chi connectivity index (χ4n) is 1.20. The molecule has 1 aromatic heterocycles. The van der Waals surface area contributed by atoms with Crippen molar-refractivity contribution in [1.29, 1.82) is 0 Å². The van der Waals surface area contributed by atoms with Crippen LogP contribution in [0, 0.1) is 0 Å². The highest BCUT2D eigenvalue weighted by Crippen LogP contribution is 2.03. The summed E-state index contributed by atoms with van der Waals surface area (Å²) in [6.45, 7) is 0. The van der Waals surface area contributed by atoms with Gasteiger partial charge in [-0.1, -0.05) is 30.3 Å². The molecule has 0 amide bonds. The van der Waals surface area contributed by atoms with Gasteiger partial charge in [-0.05, 0) is 0 Å². The molecular weight excluding hydrogens is 178 g/mol. The minimum atomic E-state index is 0.0551. The van der Waals surface area contributed by atoms with Crippen molar-refractivity contribution in [3.8, 4) is 0 Å². The van der Waals surface area contributed by atoms with Crippen molar-refractivity contribution in [3.05, 3.63) is 47.8 Å². The maximum atomic E-state index is 11.6. The molecule has 0 aliphatic heterocycles. The molecule has 0 spiro atoms. The average Bonchev–Trinajstić information content (AvgIpc) is 2.72. The van der Waals surface area contributed by atoms with Crippen LogP contribution in [0.5, 0.6) is 0 Å². The number of nitrogens with zero attached hydrogens (tertiary/aromatic N) is 2. The number of H-pyrrole nitrogens is 1. The first-order chi connectivity index (χ1) is 6.86. The van der Waals surface area contributed by atoms with Crippen molar-refractivity contribution < 1.29 is 4.79 Å². The SMILES string of the molecule is O=C(Cc1cn[nH]n1)c1ccccc1. The minimum absolute atomic E-state index is 0.0551. The lowest BCUT2D eigenvalue weighted by Gasteiger charge is -1.96. The van der Waals surface area contributed by atoms with Crippen LogP contribution in [-0.2, 0) is 6.42 Å². The van der Waals surface area contributed by atoms with Crippen LogP contribution < -0.4 is 0 Å². The summed E-state index contributed by atoms with van der Waals surface area (Å²) in [6, 6.07) is 9.16.